The van der Waals surface area contributed by atoms with Crippen LogP contribution in [-0.4, -0.2) is 36.2 Å². The van der Waals surface area contributed by atoms with Crippen LogP contribution in [0.3, 0.4) is 0 Å². The largest absolute Gasteiger partial charge is 0.409 e. The van der Waals surface area contributed by atoms with Crippen LogP contribution in [0.4, 0.5) is 0 Å². The van der Waals surface area contributed by atoms with Crippen molar-refractivity contribution in [3.63, 3.8) is 0 Å². The standard InChI is InChI=1S/C8H15N3O3/c9-7(11-13)5-10-8(12)6-3-1-2-4-14-6/h6,13H,1-5H2,(H2,9,11)(H,10,12). The lowest BCUT2D eigenvalue weighted by Crippen LogP contribution is -2.42. The minimum Gasteiger partial charge on any atom is -0.409 e. The van der Waals surface area contributed by atoms with Crippen molar-refractivity contribution in [2.45, 2.75) is 25.4 Å². The van der Waals surface area contributed by atoms with Gasteiger partial charge in [-0.25, -0.2) is 0 Å². The number of oxime groups is 1. The Balaban J connectivity index is 2.26. The van der Waals surface area contributed by atoms with Crippen LogP contribution in [0.25, 0.3) is 0 Å². The molecule has 0 radical (unpaired) electrons. The fraction of sp³-hybridized carbons (Fsp3) is 0.750. The second-order valence-electron chi connectivity index (χ2n) is 3.16. The first kappa shape index (κ1) is 10.8. The number of carbonyl (C=O) groups is 1. The predicted molar refractivity (Wildman–Crippen MR) is 50.0 cm³/mol. The molecule has 0 aromatic carbocycles. The molecule has 14 heavy (non-hydrogen) atoms. The molecule has 80 valence electrons. The number of amides is 1. The summed E-state index contributed by atoms with van der Waals surface area (Å²) in [7, 11) is 0. The summed E-state index contributed by atoms with van der Waals surface area (Å²) in [6.45, 7) is 0.677. The van der Waals surface area contributed by atoms with Crippen LogP contribution in [0.2, 0.25) is 0 Å². The van der Waals surface area contributed by atoms with Gasteiger partial charge in [0.15, 0.2) is 5.84 Å². The maximum Gasteiger partial charge on any atom is 0.249 e. The topological polar surface area (TPSA) is 96.9 Å². The van der Waals surface area contributed by atoms with E-state index in [-0.39, 0.29) is 24.4 Å². The molecular weight excluding hydrogens is 186 g/mol. The fourth-order valence-electron chi connectivity index (χ4n) is 1.27. The van der Waals surface area contributed by atoms with Crippen LogP contribution in [0, 0.1) is 0 Å². The molecule has 6 nitrogen and oxygen atoms in total. The number of hydrogen-bond acceptors (Lipinski definition) is 4. The Morgan fingerprint density at radius 1 is 1.64 bits per heavy atom. The van der Waals surface area contributed by atoms with Gasteiger partial charge < -0.3 is 21.0 Å². The normalized spacial score (nSPS) is 23.1. The Hall–Kier alpha value is -1.30. The van der Waals surface area contributed by atoms with Gasteiger partial charge in [0.1, 0.15) is 6.10 Å². The molecule has 1 rings (SSSR count). The second kappa shape index (κ2) is 5.43. The minimum atomic E-state index is -0.379. The van der Waals surface area contributed by atoms with Crippen LogP contribution in [-0.2, 0) is 9.53 Å². The van der Waals surface area contributed by atoms with E-state index in [1.54, 1.807) is 0 Å². The zero-order valence-electron chi connectivity index (χ0n) is 7.90. The summed E-state index contributed by atoms with van der Waals surface area (Å²) < 4.78 is 5.25. The van der Waals surface area contributed by atoms with E-state index in [9.17, 15) is 4.79 Å². The lowest BCUT2D eigenvalue weighted by molar-refractivity contribution is -0.135. The maximum atomic E-state index is 11.4. The van der Waals surface area contributed by atoms with E-state index in [1.807, 2.05) is 0 Å². The van der Waals surface area contributed by atoms with Gasteiger partial charge in [-0.2, -0.15) is 0 Å². The third kappa shape index (κ3) is 3.21. The van der Waals surface area contributed by atoms with Crippen molar-refractivity contribution in [2.75, 3.05) is 13.2 Å². The first-order chi connectivity index (χ1) is 6.74. The third-order valence-corrected chi connectivity index (χ3v) is 2.04. The third-order valence-electron chi connectivity index (χ3n) is 2.04. The van der Waals surface area contributed by atoms with Crippen molar-refractivity contribution < 1.29 is 14.7 Å². The molecule has 1 amide bonds. The van der Waals surface area contributed by atoms with E-state index in [0.29, 0.717) is 6.61 Å². The summed E-state index contributed by atoms with van der Waals surface area (Å²) in [6, 6.07) is 0. The van der Waals surface area contributed by atoms with Crippen molar-refractivity contribution >= 4 is 11.7 Å². The smallest absolute Gasteiger partial charge is 0.249 e. The maximum absolute atomic E-state index is 11.4. The molecule has 0 saturated carbocycles. The average Bonchev–Trinajstić information content (AvgIpc) is 2.26. The average molecular weight is 201 g/mol. The van der Waals surface area contributed by atoms with E-state index in [0.717, 1.165) is 19.3 Å². The summed E-state index contributed by atoms with van der Waals surface area (Å²) in [5.41, 5.74) is 5.20. The Bertz CT molecular complexity index is 224. The molecule has 0 aliphatic carbocycles. The van der Waals surface area contributed by atoms with Gasteiger partial charge in [-0.05, 0) is 19.3 Å². The van der Waals surface area contributed by atoms with E-state index >= 15 is 0 Å². The summed E-state index contributed by atoms with van der Waals surface area (Å²) in [5.74, 6) is -0.217. The zero-order chi connectivity index (χ0) is 10.4. The summed E-state index contributed by atoms with van der Waals surface area (Å²) in [6.07, 6.45) is 2.36. The lowest BCUT2D eigenvalue weighted by atomic mass is 10.1. The fourth-order valence-corrected chi connectivity index (χ4v) is 1.27. The minimum absolute atomic E-state index is 0.0193. The number of nitrogens with two attached hydrogens (primary N) is 1. The molecule has 6 heteroatoms. The monoisotopic (exact) mass is 201 g/mol. The van der Waals surface area contributed by atoms with Crippen LogP contribution in [0.5, 0.6) is 0 Å². The van der Waals surface area contributed by atoms with Crippen LogP contribution < -0.4 is 11.1 Å². The molecule has 0 aromatic rings. The Morgan fingerprint density at radius 3 is 3.00 bits per heavy atom. The first-order valence-electron chi connectivity index (χ1n) is 4.59. The summed E-state index contributed by atoms with van der Waals surface area (Å²) >= 11 is 0. The highest BCUT2D eigenvalue weighted by Gasteiger charge is 2.21. The molecule has 1 aliphatic rings. The van der Waals surface area contributed by atoms with Crippen molar-refractivity contribution in [1.82, 2.24) is 5.32 Å². The number of rotatable bonds is 3. The highest BCUT2D eigenvalue weighted by Crippen LogP contribution is 2.12. The molecule has 1 aliphatic heterocycles. The SMILES string of the molecule is NC(CNC(=O)C1CCCCO1)=NO. The zero-order valence-corrected chi connectivity index (χ0v) is 7.90. The van der Waals surface area contributed by atoms with Gasteiger partial charge in [-0.3, -0.25) is 4.79 Å². The summed E-state index contributed by atoms with van der Waals surface area (Å²) in [5, 5.41) is 13.5. The van der Waals surface area contributed by atoms with Gasteiger partial charge in [0.2, 0.25) is 5.91 Å². The van der Waals surface area contributed by atoms with E-state index in [2.05, 4.69) is 10.5 Å². The van der Waals surface area contributed by atoms with Gasteiger partial charge in [0.25, 0.3) is 0 Å². The lowest BCUT2D eigenvalue weighted by Gasteiger charge is -2.21. The van der Waals surface area contributed by atoms with E-state index in [4.69, 9.17) is 15.7 Å². The molecule has 1 unspecified atom stereocenters. The number of amidine groups is 1. The van der Waals surface area contributed by atoms with Crippen LogP contribution in [0.1, 0.15) is 19.3 Å². The quantitative estimate of drug-likeness (QED) is 0.246. The number of carbonyl (C=O) groups excluding carboxylic acids is 1. The number of ether oxygens (including phenoxy) is 1. The Kier molecular flexibility index (Phi) is 4.18. The Morgan fingerprint density at radius 2 is 2.43 bits per heavy atom. The van der Waals surface area contributed by atoms with Crippen molar-refractivity contribution in [3.05, 3.63) is 0 Å². The highest BCUT2D eigenvalue weighted by molar-refractivity contribution is 5.88. The van der Waals surface area contributed by atoms with Gasteiger partial charge in [0, 0.05) is 6.61 Å². The Labute approximate surface area is 82.1 Å². The number of nitrogens with zero attached hydrogens (tertiary/aromatic N) is 1. The van der Waals surface area contributed by atoms with Gasteiger partial charge in [0.05, 0.1) is 6.54 Å². The molecule has 1 atom stereocenters. The molecule has 0 aromatic heterocycles. The van der Waals surface area contributed by atoms with Gasteiger partial charge in [-0.1, -0.05) is 5.16 Å². The second-order valence-corrected chi connectivity index (χ2v) is 3.16. The van der Waals surface area contributed by atoms with Crippen molar-refractivity contribution in [1.29, 1.82) is 0 Å². The van der Waals surface area contributed by atoms with E-state index in [1.165, 1.54) is 0 Å². The molecule has 1 saturated heterocycles. The summed E-state index contributed by atoms with van der Waals surface area (Å²) in [4.78, 5) is 11.4. The first-order valence-corrected chi connectivity index (χ1v) is 4.59. The number of nitrogens with one attached hydrogen (secondary N) is 1. The molecule has 0 spiro atoms. The molecule has 1 heterocycles. The highest BCUT2D eigenvalue weighted by atomic mass is 16.5. The van der Waals surface area contributed by atoms with Gasteiger partial charge >= 0.3 is 0 Å². The predicted octanol–water partition coefficient (Wildman–Crippen LogP) is -0.582. The molecule has 4 N–H and O–H groups in total. The van der Waals surface area contributed by atoms with Gasteiger partial charge in [-0.15, -0.1) is 0 Å². The van der Waals surface area contributed by atoms with Crippen LogP contribution >= 0.6 is 0 Å². The van der Waals surface area contributed by atoms with Crippen molar-refractivity contribution in [3.8, 4) is 0 Å². The number of hydrogen-bond donors (Lipinski definition) is 3. The molecule has 1 fully saturated rings. The van der Waals surface area contributed by atoms with E-state index < -0.39 is 0 Å². The van der Waals surface area contributed by atoms with Crippen molar-refractivity contribution in [2.24, 2.45) is 10.9 Å². The molecular formula is C8H15N3O3. The van der Waals surface area contributed by atoms with Crippen LogP contribution in [0.15, 0.2) is 5.16 Å². The molecule has 0 bridgehead atoms.